The van der Waals surface area contributed by atoms with Crippen LogP contribution in [-0.4, -0.2) is 29.1 Å². The first-order chi connectivity index (χ1) is 11.0. The Balaban J connectivity index is 1.64. The molecule has 0 radical (unpaired) electrons. The number of hydrogen-bond donors (Lipinski definition) is 1. The van der Waals surface area contributed by atoms with Crippen molar-refractivity contribution in [1.82, 2.24) is 10.3 Å². The van der Waals surface area contributed by atoms with Crippen molar-refractivity contribution in [2.45, 2.75) is 25.3 Å². The highest BCUT2D eigenvalue weighted by molar-refractivity contribution is 8.00. The van der Waals surface area contributed by atoms with Crippen molar-refractivity contribution in [3.8, 4) is 0 Å². The summed E-state index contributed by atoms with van der Waals surface area (Å²) < 4.78 is 5.42. The standard InChI is InChI=1S/C16H17N3O3S/c1-10-11(2)22-15(18-10)7-17-14(20)8-19-12-5-3-4-6-13(12)23-9-16(19)21/h3-6H,7-9H2,1-2H3,(H,17,20). The molecule has 7 heteroatoms. The van der Waals surface area contributed by atoms with Crippen LogP contribution in [0.2, 0.25) is 0 Å². The number of carbonyl (C=O) groups excluding carboxylic acids is 2. The van der Waals surface area contributed by atoms with Crippen molar-refractivity contribution < 1.29 is 14.0 Å². The smallest absolute Gasteiger partial charge is 0.240 e. The van der Waals surface area contributed by atoms with Gasteiger partial charge in [-0.05, 0) is 26.0 Å². The summed E-state index contributed by atoms with van der Waals surface area (Å²) in [6.45, 7) is 3.89. The summed E-state index contributed by atoms with van der Waals surface area (Å²) in [6, 6.07) is 7.59. The summed E-state index contributed by atoms with van der Waals surface area (Å²) in [5.74, 6) is 1.25. The Morgan fingerprint density at radius 2 is 2.17 bits per heavy atom. The van der Waals surface area contributed by atoms with Crippen LogP contribution in [0.15, 0.2) is 33.6 Å². The molecule has 0 fully saturated rings. The van der Waals surface area contributed by atoms with Gasteiger partial charge in [0.25, 0.3) is 0 Å². The van der Waals surface area contributed by atoms with E-state index >= 15 is 0 Å². The molecule has 23 heavy (non-hydrogen) atoms. The molecule has 0 aliphatic carbocycles. The van der Waals surface area contributed by atoms with Crippen molar-refractivity contribution in [3.63, 3.8) is 0 Å². The molecule has 0 bridgehead atoms. The molecule has 1 aromatic heterocycles. The second-order valence-corrected chi connectivity index (χ2v) is 6.28. The average Bonchev–Trinajstić information content (AvgIpc) is 2.87. The van der Waals surface area contributed by atoms with Gasteiger partial charge in [-0.3, -0.25) is 9.59 Å². The summed E-state index contributed by atoms with van der Waals surface area (Å²) in [7, 11) is 0. The number of para-hydroxylation sites is 1. The molecule has 0 atom stereocenters. The number of nitrogens with one attached hydrogen (secondary N) is 1. The summed E-state index contributed by atoms with van der Waals surface area (Å²) in [5.41, 5.74) is 1.60. The van der Waals surface area contributed by atoms with Gasteiger partial charge in [0, 0.05) is 4.90 Å². The number of amides is 2. The van der Waals surface area contributed by atoms with Crippen molar-refractivity contribution >= 4 is 29.3 Å². The first-order valence-corrected chi connectivity index (χ1v) is 8.25. The van der Waals surface area contributed by atoms with Crippen LogP contribution in [0.4, 0.5) is 5.69 Å². The molecule has 1 aliphatic rings. The number of fused-ring (bicyclic) bond motifs is 1. The van der Waals surface area contributed by atoms with Crippen molar-refractivity contribution in [2.75, 3.05) is 17.2 Å². The molecule has 6 nitrogen and oxygen atoms in total. The molecule has 0 saturated carbocycles. The molecular weight excluding hydrogens is 314 g/mol. The average molecular weight is 331 g/mol. The summed E-state index contributed by atoms with van der Waals surface area (Å²) in [6.07, 6.45) is 0. The van der Waals surface area contributed by atoms with Gasteiger partial charge in [-0.25, -0.2) is 4.98 Å². The van der Waals surface area contributed by atoms with Crippen molar-refractivity contribution in [2.24, 2.45) is 0 Å². The van der Waals surface area contributed by atoms with Crippen LogP contribution in [0.3, 0.4) is 0 Å². The third-order valence-electron chi connectivity index (χ3n) is 3.62. The third kappa shape index (κ3) is 3.39. The Labute approximate surface area is 138 Å². The minimum absolute atomic E-state index is 0.00488. The van der Waals surface area contributed by atoms with E-state index in [4.69, 9.17) is 4.42 Å². The van der Waals surface area contributed by atoms with E-state index in [2.05, 4.69) is 10.3 Å². The lowest BCUT2D eigenvalue weighted by atomic mass is 10.2. The number of rotatable bonds is 4. The van der Waals surface area contributed by atoms with E-state index in [1.165, 1.54) is 16.7 Å². The fourth-order valence-electron chi connectivity index (χ4n) is 2.32. The van der Waals surface area contributed by atoms with Crippen LogP contribution in [0.1, 0.15) is 17.3 Å². The molecule has 2 amide bonds. The second kappa shape index (κ2) is 6.45. The largest absolute Gasteiger partial charge is 0.444 e. The molecule has 2 heterocycles. The topological polar surface area (TPSA) is 75.4 Å². The number of anilines is 1. The third-order valence-corrected chi connectivity index (χ3v) is 4.67. The zero-order chi connectivity index (χ0) is 16.4. The van der Waals surface area contributed by atoms with Crippen LogP contribution >= 0.6 is 11.8 Å². The van der Waals surface area contributed by atoms with Crippen LogP contribution in [0.25, 0.3) is 0 Å². The molecule has 2 aromatic rings. The highest BCUT2D eigenvalue weighted by Crippen LogP contribution is 2.34. The highest BCUT2D eigenvalue weighted by Gasteiger charge is 2.26. The molecule has 1 aliphatic heterocycles. The number of aryl methyl sites for hydroxylation is 2. The Bertz CT molecular complexity index is 737. The number of benzene rings is 1. The van der Waals surface area contributed by atoms with Crippen LogP contribution in [0, 0.1) is 13.8 Å². The van der Waals surface area contributed by atoms with Gasteiger partial charge in [-0.15, -0.1) is 11.8 Å². The van der Waals surface area contributed by atoms with Gasteiger partial charge >= 0.3 is 0 Å². The SMILES string of the molecule is Cc1nc(CNC(=O)CN2C(=O)CSc3ccccc32)oc1C. The summed E-state index contributed by atoms with van der Waals surface area (Å²) >= 11 is 1.49. The maximum Gasteiger partial charge on any atom is 0.240 e. The highest BCUT2D eigenvalue weighted by atomic mass is 32.2. The normalized spacial score (nSPS) is 13.8. The van der Waals surface area contributed by atoms with E-state index in [9.17, 15) is 9.59 Å². The van der Waals surface area contributed by atoms with Crippen LogP contribution < -0.4 is 10.2 Å². The quantitative estimate of drug-likeness (QED) is 0.928. The molecule has 0 saturated heterocycles. The molecule has 120 valence electrons. The van der Waals surface area contributed by atoms with Gasteiger partial charge in [-0.2, -0.15) is 0 Å². The fourth-order valence-corrected chi connectivity index (χ4v) is 3.25. The number of hydrogen-bond acceptors (Lipinski definition) is 5. The lowest BCUT2D eigenvalue weighted by Gasteiger charge is -2.28. The first-order valence-electron chi connectivity index (χ1n) is 7.26. The molecule has 0 spiro atoms. The van der Waals surface area contributed by atoms with Gasteiger partial charge < -0.3 is 14.6 Å². The lowest BCUT2D eigenvalue weighted by molar-refractivity contribution is -0.123. The minimum Gasteiger partial charge on any atom is -0.444 e. The Kier molecular flexibility index (Phi) is 4.38. The van der Waals surface area contributed by atoms with Crippen LogP contribution in [0.5, 0.6) is 0 Å². The van der Waals surface area contributed by atoms with E-state index in [0.29, 0.717) is 11.6 Å². The van der Waals surface area contributed by atoms with Crippen molar-refractivity contribution in [1.29, 1.82) is 0 Å². The van der Waals surface area contributed by atoms with Gasteiger partial charge in [0.1, 0.15) is 12.3 Å². The number of aromatic nitrogens is 1. The monoisotopic (exact) mass is 331 g/mol. The van der Waals surface area contributed by atoms with E-state index < -0.39 is 0 Å². The summed E-state index contributed by atoms with van der Waals surface area (Å²) in [5, 5.41) is 2.74. The van der Waals surface area contributed by atoms with E-state index in [1.807, 2.05) is 38.1 Å². The van der Waals surface area contributed by atoms with Gasteiger partial charge in [0.2, 0.25) is 17.7 Å². The molecular formula is C16H17N3O3S. The number of thioether (sulfide) groups is 1. The summed E-state index contributed by atoms with van der Waals surface area (Å²) in [4.78, 5) is 31.0. The zero-order valence-corrected chi connectivity index (χ0v) is 13.8. The van der Waals surface area contributed by atoms with Gasteiger partial charge in [0.05, 0.1) is 23.7 Å². The minimum atomic E-state index is -0.242. The lowest BCUT2D eigenvalue weighted by Crippen LogP contribution is -2.43. The number of oxazole rings is 1. The van der Waals surface area contributed by atoms with Crippen LogP contribution in [-0.2, 0) is 16.1 Å². The molecule has 3 rings (SSSR count). The Hall–Kier alpha value is -2.28. The second-order valence-electron chi connectivity index (χ2n) is 5.26. The maximum atomic E-state index is 12.2. The van der Waals surface area contributed by atoms with E-state index in [0.717, 1.165) is 22.0 Å². The molecule has 1 N–H and O–H groups in total. The molecule has 0 unspecified atom stereocenters. The Morgan fingerprint density at radius 3 is 2.91 bits per heavy atom. The van der Waals surface area contributed by atoms with Gasteiger partial charge in [0.15, 0.2) is 0 Å². The number of carbonyl (C=O) groups is 2. The first kappa shape index (κ1) is 15.6. The number of nitrogens with zero attached hydrogens (tertiary/aromatic N) is 2. The maximum absolute atomic E-state index is 12.2. The van der Waals surface area contributed by atoms with E-state index in [1.54, 1.807) is 0 Å². The van der Waals surface area contributed by atoms with Gasteiger partial charge in [-0.1, -0.05) is 12.1 Å². The fraction of sp³-hybridized carbons (Fsp3) is 0.312. The van der Waals surface area contributed by atoms with E-state index in [-0.39, 0.29) is 24.9 Å². The zero-order valence-electron chi connectivity index (χ0n) is 13.0. The predicted octanol–water partition coefficient (Wildman–Crippen LogP) is 2.05. The predicted molar refractivity (Wildman–Crippen MR) is 87.3 cm³/mol. The van der Waals surface area contributed by atoms with Crippen molar-refractivity contribution in [3.05, 3.63) is 41.6 Å². The Morgan fingerprint density at radius 1 is 1.39 bits per heavy atom. The molecule has 1 aromatic carbocycles.